The first kappa shape index (κ1) is 23.7. The number of ketones is 1. The highest BCUT2D eigenvalue weighted by atomic mass is 32.1. The van der Waals surface area contributed by atoms with Crippen LogP contribution in [-0.4, -0.2) is 39.5 Å². The number of hydrogen-bond donors (Lipinski definition) is 2. The fourth-order valence-electron chi connectivity index (χ4n) is 3.32. The van der Waals surface area contributed by atoms with Crippen LogP contribution in [0, 0.1) is 6.92 Å². The van der Waals surface area contributed by atoms with Gasteiger partial charge in [-0.05, 0) is 43.7 Å². The van der Waals surface area contributed by atoms with E-state index in [0.717, 1.165) is 6.92 Å². The molecule has 10 heteroatoms. The van der Waals surface area contributed by atoms with Crippen molar-refractivity contribution in [3.63, 3.8) is 0 Å². The van der Waals surface area contributed by atoms with Gasteiger partial charge in [-0.3, -0.25) is 19.3 Å². The molecule has 33 heavy (non-hydrogen) atoms. The summed E-state index contributed by atoms with van der Waals surface area (Å²) in [6.07, 6.45) is 1.56. The number of amides is 1. The number of aliphatic hydroxyl groups excluding tert-OH is 1. The van der Waals surface area contributed by atoms with Gasteiger partial charge >= 0.3 is 0 Å². The Morgan fingerprint density at radius 3 is 2.58 bits per heavy atom. The summed E-state index contributed by atoms with van der Waals surface area (Å²) in [7, 11) is 0. The van der Waals surface area contributed by atoms with Crippen LogP contribution in [0.15, 0.2) is 63.7 Å². The summed E-state index contributed by atoms with van der Waals surface area (Å²) < 4.78 is 11.0. The van der Waals surface area contributed by atoms with Crippen molar-refractivity contribution >= 4 is 34.1 Å². The van der Waals surface area contributed by atoms with E-state index in [9.17, 15) is 14.7 Å². The molecule has 3 aromatic rings. The minimum Gasteiger partial charge on any atom is -0.503 e. The molecule has 0 spiro atoms. The monoisotopic (exact) mass is 470 g/mol. The average Bonchev–Trinajstić information content (AvgIpc) is 3.49. The lowest BCUT2D eigenvalue weighted by molar-refractivity contribution is -0.134. The summed E-state index contributed by atoms with van der Waals surface area (Å²) in [6, 6.07) is 9.43. The fourth-order valence-corrected chi connectivity index (χ4v) is 3.98. The number of hydrogen-bond acceptors (Lipinski definition) is 8. The van der Waals surface area contributed by atoms with Gasteiger partial charge in [0.25, 0.3) is 11.9 Å². The number of Topliss-reactive ketones (excluding diaryl/α,β-unsaturated/α-hetero) is 1. The summed E-state index contributed by atoms with van der Waals surface area (Å²) in [5, 5.41) is 20.2. The number of carbonyl (C=O) groups is 3. The predicted octanol–water partition coefficient (Wildman–Crippen LogP) is 4.32. The van der Waals surface area contributed by atoms with E-state index >= 15 is 0 Å². The first-order chi connectivity index (χ1) is 15.7. The third kappa shape index (κ3) is 5.12. The lowest BCUT2D eigenvalue weighted by atomic mass is 9.95. The van der Waals surface area contributed by atoms with E-state index < -0.39 is 29.5 Å². The van der Waals surface area contributed by atoms with Crippen LogP contribution in [0.25, 0.3) is 0 Å². The Hall–Kier alpha value is -3.92. The molecule has 2 aromatic heterocycles. The molecule has 1 amide bonds. The van der Waals surface area contributed by atoms with Crippen molar-refractivity contribution in [1.29, 1.82) is 0 Å². The Kier molecular flexibility index (Phi) is 7.29. The van der Waals surface area contributed by atoms with E-state index in [1.165, 1.54) is 22.3 Å². The normalized spacial score (nSPS) is 15.3. The maximum absolute atomic E-state index is 13.2. The number of carboxylic acids is 1. The van der Waals surface area contributed by atoms with Gasteiger partial charge in [0.2, 0.25) is 5.78 Å². The topological polar surface area (TPSA) is 130 Å². The predicted molar refractivity (Wildman–Crippen MR) is 121 cm³/mol. The number of aromatic nitrogens is 1. The van der Waals surface area contributed by atoms with Gasteiger partial charge in [0, 0.05) is 18.5 Å². The Morgan fingerprint density at radius 2 is 2.00 bits per heavy atom. The van der Waals surface area contributed by atoms with Gasteiger partial charge in [-0.15, -0.1) is 11.3 Å². The number of nitrogens with zero attached hydrogens (tertiary/aromatic N) is 2. The van der Waals surface area contributed by atoms with Gasteiger partial charge in [0.15, 0.2) is 16.7 Å². The van der Waals surface area contributed by atoms with Crippen LogP contribution >= 0.6 is 11.3 Å². The van der Waals surface area contributed by atoms with E-state index in [0.29, 0.717) is 28.8 Å². The van der Waals surface area contributed by atoms with Crippen molar-refractivity contribution in [2.24, 2.45) is 0 Å². The molecule has 0 saturated carbocycles. The van der Waals surface area contributed by atoms with Gasteiger partial charge in [-0.2, -0.15) is 0 Å². The number of anilines is 1. The molecule has 9 nitrogen and oxygen atoms in total. The molecule has 0 saturated heterocycles. The lowest BCUT2D eigenvalue weighted by Gasteiger charge is -2.24. The first-order valence-corrected chi connectivity index (χ1v) is 10.8. The number of thiazole rings is 1. The molecular formula is C23H22N2O7S. The molecule has 2 N–H and O–H groups in total. The largest absolute Gasteiger partial charge is 0.503 e. The standard InChI is InChI=1S/C21H18N2O5S.C2H4O2/c1-3-27-14-6-4-5-13(11-14)17-16(18(24)15-8-7-12(2)28-15)19(25)20(26)23(17)21-22-9-10-29-21;1-2(3)4/h4-11,17,25H,3H2,1-2H3;1H3,(H,3,4). The summed E-state index contributed by atoms with van der Waals surface area (Å²) in [4.78, 5) is 40.6. The average molecular weight is 471 g/mol. The molecular weight excluding hydrogens is 448 g/mol. The highest BCUT2D eigenvalue weighted by Crippen LogP contribution is 2.43. The highest BCUT2D eigenvalue weighted by molar-refractivity contribution is 7.13. The number of aryl methyl sites for hydroxylation is 1. The Balaban J connectivity index is 0.000000709. The second-order valence-corrected chi connectivity index (χ2v) is 7.79. The van der Waals surface area contributed by atoms with Gasteiger partial charge in [-0.1, -0.05) is 12.1 Å². The van der Waals surface area contributed by atoms with Gasteiger partial charge in [0.1, 0.15) is 11.5 Å². The lowest BCUT2D eigenvalue weighted by Crippen LogP contribution is -2.30. The molecule has 172 valence electrons. The number of furan rings is 1. The maximum atomic E-state index is 13.2. The molecule has 0 aliphatic carbocycles. The number of aliphatic hydroxyl groups is 1. The number of aliphatic carboxylic acids is 1. The zero-order chi connectivity index (χ0) is 24.1. The molecule has 0 radical (unpaired) electrons. The summed E-state index contributed by atoms with van der Waals surface area (Å²) in [5.74, 6) is -1.45. The Labute approximate surface area is 193 Å². The van der Waals surface area contributed by atoms with E-state index in [-0.39, 0.29) is 11.3 Å². The quantitative estimate of drug-likeness (QED) is 0.510. The summed E-state index contributed by atoms with van der Waals surface area (Å²) in [5.41, 5.74) is 0.573. The fraction of sp³-hybridized carbons (Fsp3) is 0.217. The van der Waals surface area contributed by atoms with E-state index in [4.69, 9.17) is 19.1 Å². The van der Waals surface area contributed by atoms with Crippen molar-refractivity contribution in [2.45, 2.75) is 26.8 Å². The van der Waals surface area contributed by atoms with Crippen LogP contribution in [0.1, 0.15) is 41.8 Å². The third-order valence-corrected chi connectivity index (χ3v) is 5.30. The number of carboxylic acid groups (broad SMARTS) is 1. The molecule has 1 aliphatic rings. The third-order valence-electron chi connectivity index (χ3n) is 4.53. The zero-order valence-electron chi connectivity index (χ0n) is 18.1. The molecule has 1 unspecified atom stereocenters. The van der Waals surface area contributed by atoms with Crippen LogP contribution in [-0.2, 0) is 9.59 Å². The Bertz CT molecular complexity index is 1190. The minimum atomic E-state index is -0.855. The van der Waals surface area contributed by atoms with Gasteiger partial charge in [-0.25, -0.2) is 4.98 Å². The number of carbonyl (C=O) groups excluding carboxylic acids is 2. The molecule has 3 heterocycles. The number of rotatable bonds is 6. The summed E-state index contributed by atoms with van der Waals surface area (Å²) >= 11 is 1.24. The molecule has 1 atom stereocenters. The van der Waals surface area contributed by atoms with Gasteiger partial charge in [0.05, 0.1) is 18.2 Å². The maximum Gasteiger partial charge on any atom is 0.300 e. The Morgan fingerprint density at radius 1 is 1.27 bits per heavy atom. The van der Waals surface area contributed by atoms with E-state index in [1.807, 2.05) is 6.92 Å². The van der Waals surface area contributed by atoms with Crippen molar-refractivity contribution in [3.05, 3.63) is 76.4 Å². The zero-order valence-corrected chi connectivity index (χ0v) is 19.0. The second-order valence-electron chi connectivity index (χ2n) is 6.92. The SMILES string of the molecule is CC(=O)O.CCOc1cccc(C2C(C(=O)c3ccc(C)o3)=C(O)C(=O)N2c2nccs2)c1. The van der Waals surface area contributed by atoms with Crippen molar-refractivity contribution in [1.82, 2.24) is 4.98 Å². The molecule has 0 bridgehead atoms. The second kappa shape index (κ2) is 10.1. The van der Waals surface area contributed by atoms with Crippen LogP contribution in [0.2, 0.25) is 0 Å². The van der Waals surface area contributed by atoms with Gasteiger partial charge < -0.3 is 19.4 Å². The van der Waals surface area contributed by atoms with Crippen LogP contribution < -0.4 is 9.64 Å². The van der Waals surface area contributed by atoms with Crippen molar-refractivity contribution < 1.29 is 33.8 Å². The van der Waals surface area contributed by atoms with Crippen LogP contribution in [0.4, 0.5) is 5.13 Å². The van der Waals surface area contributed by atoms with Crippen molar-refractivity contribution in [3.8, 4) is 5.75 Å². The van der Waals surface area contributed by atoms with Crippen LogP contribution in [0.5, 0.6) is 5.75 Å². The summed E-state index contributed by atoms with van der Waals surface area (Å²) in [6.45, 7) is 5.14. The number of ether oxygens (including phenoxy) is 1. The van der Waals surface area contributed by atoms with E-state index in [1.54, 1.807) is 48.8 Å². The molecule has 4 rings (SSSR count). The van der Waals surface area contributed by atoms with Crippen LogP contribution in [0.3, 0.4) is 0 Å². The minimum absolute atomic E-state index is 0.0480. The molecule has 1 aliphatic heterocycles. The van der Waals surface area contributed by atoms with E-state index in [2.05, 4.69) is 4.98 Å². The molecule has 0 fully saturated rings. The number of benzene rings is 1. The molecule has 1 aromatic carbocycles. The smallest absolute Gasteiger partial charge is 0.300 e. The highest BCUT2D eigenvalue weighted by Gasteiger charge is 2.46. The first-order valence-electron chi connectivity index (χ1n) is 9.94. The van der Waals surface area contributed by atoms with Crippen molar-refractivity contribution in [2.75, 3.05) is 11.5 Å².